The first kappa shape index (κ1) is 20.7. The van der Waals surface area contributed by atoms with Crippen LogP contribution >= 0.6 is 23.8 Å². The molecule has 140 valence electrons. The second-order valence-corrected chi connectivity index (χ2v) is 7.51. The summed E-state index contributed by atoms with van der Waals surface area (Å²) in [6.07, 6.45) is 0. The molecule has 0 aliphatic heterocycles. The van der Waals surface area contributed by atoms with Gasteiger partial charge in [-0.25, -0.2) is 0 Å². The van der Waals surface area contributed by atoms with Crippen molar-refractivity contribution >= 4 is 34.6 Å². The maximum atomic E-state index is 6.33. The Morgan fingerprint density at radius 3 is 2.23 bits per heavy atom. The van der Waals surface area contributed by atoms with Crippen LogP contribution in [0.5, 0.6) is 0 Å². The summed E-state index contributed by atoms with van der Waals surface area (Å²) in [4.78, 5) is 1.59. The van der Waals surface area contributed by atoms with E-state index in [1.807, 2.05) is 19.9 Å². The molecule has 0 atom stereocenters. The predicted octanol–water partition coefficient (Wildman–Crippen LogP) is 3.87. The normalized spacial score (nSPS) is 10.8. The maximum Gasteiger partial charge on any atom is 0.171 e. The minimum Gasteiger partial charge on any atom is -0.358 e. The number of rotatable bonds is 7. The van der Waals surface area contributed by atoms with Crippen molar-refractivity contribution < 1.29 is 4.90 Å². The molecule has 0 spiro atoms. The lowest BCUT2D eigenvalue weighted by molar-refractivity contribution is -0.910. The van der Waals surface area contributed by atoms with Gasteiger partial charge in [0.15, 0.2) is 5.11 Å². The average molecular weight is 391 g/mol. The van der Waals surface area contributed by atoms with E-state index in [-0.39, 0.29) is 0 Å². The van der Waals surface area contributed by atoms with Crippen LogP contribution in [0.2, 0.25) is 5.02 Å². The Bertz CT molecular complexity index is 716. The van der Waals surface area contributed by atoms with Crippen LogP contribution in [-0.4, -0.2) is 18.2 Å². The minimum absolute atomic E-state index is 0.579. The average Bonchev–Trinajstić information content (AvgIpc) is 2.62. The summed E-state index contributed by atoms with van der Waals surface area (Å²) >= 11 is 11.7. The quantitative estimate of drug-likeness (QED) is 0.627. The van der Waals surface area contributed by atoms with E-state index in [0.29, 0.717) is 16.7 Å². The molecule has 0 aliphatic carbocycles. The molecular formula is C21H29ClN3S+. The lowest BCUT2D eigenvalue weighted by Crippen LogP contribution is -3.10. The molecular weight excluding hydrogens is 362 g/mol. The zero-order chi connectivity index (χ0) is 19.1. The van der Waals surface area contributed by atoms with Gasteiger partial charge in [0, 0.05) is 12.1 Å². The molecule has 2 aromatic carbocycles. The highest BCUT2D eigenvalue weighted by atomic mass is 35.5. The smallest absolute Gasteiger partial charge is 0.171 e. The molecule has 0 bridgehead atoms. The van der Waals surface area contributed by atoms with E-state index in [4.69, 9.17) is 23.8 Å². The number of benzene rings is 2. The number of hydrogen-bond acceptors (Lipinski definition) is 1. The van der Waals surface area contributed by atoms with Crippen molar-refractivity contribution in [1.29, 1.82) is 0 Å². The highest BCUT2D eigenvalue weighted by Gasteiger charge is 2.08. The Kier molecular flexibility index (Phi) is 7.88. The molecule has 0 fully saturated rings. The van der Waals surface area contributed by atoms with Gasteiger partial charge >= 0.3 is 0 Å². The number of nitrogens with one attached hydrogen (secondary N) is 3. The van der Waals surface area contributed by atoms with Crippen molar-refractivity contribution in [2.75, 3.05) is 18.4 Å². The fraction of sp³-hybridized carbons (Fsp3) is 0.381. The van der Waals surface area contributed by atoms with Crippen molar-refractivity contribution in [2.24, 2.45) is 0 Å². The molecule has 0 unspecified atom stereocenters. The summed E-state index contributed by atoms with van der Waals surface area (Å²) in [7, 11) is 0. The third-order valence-electron chi connectivity index (χ3n) is 4.60. The second kappa shape index (κ2) is 9.91. The number of thiocarbonyl (C=S) groups is 1. The highest BCUT2D eigenvalue weighted by molar-refractivity contribution is 7.80. The summed E-state index contributed by atoms with van der Waals surface area (Å²) in [6.45, 7) is 12.6. The Balaban J connectivity index is 1.89. The van der Waals surface area contributed by atoms with Gasteiger partial charge in [-0.2, -0.15) is 0 Å². The largest absolute Gasteiger partial charge is 0.358 e. The van der Waals surface area contributed by atoms with Crippen LogP contribution in [0.4, 0.5) is 5.69 Å². The summed E-state index contributed by atoms with van der Waals surface area (Å²) in [5.74, 6) is 0. The molecule has 0 aromatic heterocycles. The molecule has 5 heteroatoms. The molecule has 3 nitrogen and oxygen atoms in total. The van der Waals surface area contributed by atoms with Crippen LogP contribution < -0.4 is 15.5 Å². The fourth-order valence-electron chi connectivity index (χ4n) is 2.98. The maximum absolute atomic E-state index is 6.33. The van der Waals surface area contributed by atoms with Crippen LogP contribution in [0, 0.1) is 13.8 Å². The van der Waals surface area contributed by atoms with Crippen LogP contribution in [0.1, 0.15) is 36.1 Å². The first-order chi connectivity index (χ1) is 12.4. The molecule has 0 heterocycles. The molecule has 0 amide bonds. The van der Waals surface area contributed by atoms with Gasteiger partial charge < -0.3 is 15.5 Å². The third kappa shape index (κ3) is 5.97. The van der Waals surface area contributed by atoms with Crippen LogP contribution in [0.15, 0.2) is 36.4 Å². The standard InChI is InChI=1S/C21H28ClN3S/c1-5-25(6-2)14-18-9-7-17(8-10-18)13-23-21(26)24-20-16(4)11-15(3)12-19(20)22/h7-12H,5-6,13-14H2,1-4H3,(H2,23,24,26)/p+1. The van der Waals surface area contributed by atoms with E-state index >= 15 is 0 Å². The third-order valence-corrected chi connectivity index (χ3v) is 5.14. The molecule has 0 radical (unpaired) electrons. The molecule has 0 aliphatic rings. The van der Waals surface area contributed by atoms with Gasteiger partial charge in [0.1, 0.15) is 6.54 Å². The summed E-state index contributed by atoms with van der Waals surface area (Å²) < 4.78 is 0. The highest BCUT2D eigenvalue weighted by Crippen LogP contribution is 2.27. The lowest BCUT2D eigenvalue weighted by atomic mass is 10.1. The van der Waals surface area contributed by atoms with Gasteiger partial charge in [0.2, 0.25) is 0 Å². The first-order valence-corrected chi connectivity index (χ1v) is 9.94. The van der Waals surface area contributed by atoms with E-state index in [2.05, 4.69) is 54.8 Å². The van der Waals surface area contributed by atoms with Crippen molar-refractivity contribution in [3.05, 3.63) is 63.7 Å². The van der Waals surface area contributed by atoms with Gasteiger partial charge in [0.05, 0.1) is 23.8 Å². The van der Waals surface area contributed by atoms with Crippen molar-refractivity contribution in [3.8, 4) is 0 Å². The minimum atomic E-state index is 0.579. The van der Waals surface area contributed by atoms with Crippen LogP contribution in [-0.2, 0) is 13.1 Å². The van der Waals surface area contributed by atoms with Gasteiger partial charge in [-0.05, 0) is 62.7 Å². The first-order valence-electron chi connectivity index (χ1n) is 9.15. The zero-order valence-corrected chi connectivity index (χ0v) is 17.7. The van der Waals surface area contributed by atoms with Gasteiger partial charge in [-0.15, -0.1) is 0 Å². The molecule has 2 aromatic rings. The predicted molar refractivity (Wildman–Crippen MR) is 116 cm³/mol. The number of halogens is 1. The van der Waals surface area contributed by atoms with E-state index in [9.17, 15) is 0 Å². The van der Waals surface area contributed by atoms with Crippen molar-refractivity contribution in [2.45, 2.75) is 40.8 Å². The molecule has 2 rings (SSSR count). The van der Waals surface area contributed by atoms with Gasteiger partial charge in [0.25, 0.3) is 0 Å². The Labute approximate surface area is 167 Å². The number of aryl methyl sites for hydroxylation is 2. The Hall–Kier alpha value is -1.62. The summed E-state index contributed by atoms with van der Waals surface area (Å²) in [5.41, 5.74) is 5.67. The Morgan fingerprint density at radius 2 is 1.65 bits per heavy atom. The second-order valence-electron chi connectivity index (χ2n) is 6.70. The topological polar surface area (TPSA) is 28.5 Å². The van der Waals surface area contributed by atoms with Gasteiger partial charge in [-0.3, -0.25) is 0 Å². The van der Waals surface area contributed by atoms with E-state index in [1.54, 1.807) is 4.90 Å². The molecule has 0 saturated carbocycles. The van der Waals surface area contributed by atoms with Crippen LogP contribution in [0.3, 0.4) is 0 Å². The fourth-order valence-corrected chi connectivity index (χ4v) is 3.52. The molecule has 26 heavy (non-hydrogen) atoms. The number of anilines is 1. The number of hydrogen-bond donors (Lipinski definition) is 3. The number of quaternary nitrogens is 1. The Morgan fingerprint density at radius 1 is 1.04 bits per heavy atom. The van der Waals surface area contributed by atoms with E-state index < -0.39 is 0 Å². The summed E-state index contributed by atoms with van der Waals surface area (Å²) in [5, 5.41) is 7.74. The van der Waals surface area contributed by atoms with Crippen molar-refractivity contribution in [3.63, 3.8) is 0 Å². The van der Waals surface area contributed by atoms with E-state index in [0.717, 1.165) is 36.4 Å². The zero-order valence-electron chi connectivity index (χ0n) is 16.1. The van der Waals surface area contributed by atoms with E-state index in [1.165, 1.54) is 11.1 Å². The molecule has 3 N–H and O–H groups in total. The monoisotopic (exact) mass is 390 g/mol. The van der Waals surface area contributed by atoms with Crippen LogP contribution in [0.25, 0.3) is 0 Å². The van der Waals surface area contributed by atoms with Crippen molar-refractivity contribution in [1.82, 2.24) is 5.32 Å². The van der Waals surface area contributed by atoms with Gasteiger partial charge in [-0.1, -0.05) is 41.9 Å². The lowest BCUT2D eigenvalue weighted by Gasteiger charge is -2.16. The SMILES string of the molecule is CC[NH+](CC)Cc1ccc(CNC(=S)Nc2c(C)cc(C)cc2Cl)cc1. The summed E-state index contributed by atoms with van der Waals surface area (Å²) in [6, 6.07) is 12.8. The molecule has 0 saturated heterocycles.